The van der Waals surface area contributed by atoms with E-state index in [0.29, 0.717) is 10.2 Å². The Balaban J connectivity index is 2.29. The molecule has 11 heteroatoms. The van der Waals surface area contributed by atoms with E-state index < -0.39 is 15.9 Å². The van der Waals surface area contributed by atoms with Crippen LogP contribution in [0.3, 0.4) is 0 Å². The van der Waals surface area contributed by atoms with E-state index in [-0.39, 0.29) is 22.4 Å². The highest BCUT2D eigenvalue weighted by Gasteiger charge is 2.26. The fourth-order valence-corrected chi connectivity index (χ4v) is 4.21. The van der Waals surface area contributed by atoms with Crippen LogP contribution in [0.1, 0.15) is 15.4 Å². The van der Waals surface area contributed by atoms with Crippen LogP contribution in [-0.2, 0) is 14.8 Å². The lowest BCUT2D eigenvalue weighted by Crippen LogP contribution is -2.26. The molecule has 0 aromatic carbocycles. The summed E-state index contributed by atoms with van der Waals surface area (Å²) < 4.78 is 37.1. The first-order valence-electron chi connectivity index (χ1n) is 5.86. The maximum Gasteiger partial charge on any atom is 0.265 e. The van der Waals surface area contributed by atoms with Gasteiger partial charge >= 0.3 is 0 Å². The monoisotopic (exact) mass is 409 g/mol. The third-order valence-electron chi connectivity index (χ3n) is 2.52. The first kappa shape index (κ1) is 16.9. The number of halogens is 1. The van der Waals surface area contributed by atoms with Crippen LogP contribution < -0.4 is 10.0 Å². The van der Waals surface area contributed by atoms with Gasteiger partial charge in [-0.3, -0.25) is 4.79 Å². The Morgan fingerprint density at radius 1 is 1.55 bits per heavy atom. The molecule has 0 saturated heterocycles. The zero-order chi connectivity index (χ0) is 16.3. The number of rotatable bonds is 6. The van der Waals surface area contributed by atoms with Crippen LogP contribution in [0.15, 0.2) is 25.3 Å². The zero-order valence-corrected chi connectivity index (χ0v) is 14.8. The quantitative estimate of drug-likeness (QED) is 0.705. The molecular formula is C11H12BrN3O5S2. The van der Waals surface area contributed by atoms with E-state index in [2.05, 4.69) is 31.1 Å². The number of aryl methyl sites for hydroxylation is 1. The number of methoxy groups -OCH3 is 1. The first-order chi connectivity index (χ1) is 10.4. The molecule has 2 N–H and O–H groups in total. The van der Waals surface area contributed by atoms with Gasteiger partial charge in [0, 0.05) is 7.11 Å². The highest BCUT2D eigenvalue weighted by atomic mass is 79.9. The normalized spacial score (nSPS) is 11.4. The van der Waals surface area contributed by atoms with E-state index >= 15 is 0 Å². The van der Waals surface area contributed by atoms with Crippen molar-refractivity contribution in [1.29, 1.82) is 0 Å². The summed E-state index contributed by atoms with van der Waals surface area (Å²) >= 11 is 4.18. The van der Waals surface area contributed by atoms with Crippen LogP contribution >= 0.6 is 27.3 Å². The number of thiophene rings is 1. The molecular weight excluding hydrogens is 398 g/mol. The molecule has 2 heterocycles. The summed E-state index contributed by atoms with van der Waals surface area (Å²) in [7, 11) is -2.57. The second-order valence-electron chi connectivity index (χ2n) is 4.07. The predicted octanol–water partition coefficient (Wildman–Crippen LogP) is 1.94. The number of hydrogen-bond acceptors (Lipinski definition) is 7. The summed E-state index contributed by atoms with van der Waals surface area (Å²) in [6.07, 6.45) is 0. The third kappa shape index (κ3) is 3.48. The average Bonchev–Trinajstić information content (AvgIpc) is 3.07. The minimum absolute atomic E-state index is 0.0174. The lowest BCUT2D eigenvalue weighted by atomic mass is 10.4. The van der Waals surface area contributed by atoms with Crippen LogP contribution in [0.4, 0.5) is 5.88 Å². The van der Waals surface area contributed by atoms with E-state index in [1.807, 2.05) is 0 Å². The van der Waals surface area contributed by atoms with E-state index in [1.165, 1.54) is 18.6 Å². The molecule has 0 aliphatic heterocycles. The van der Waals surface area contributed by atoms with Gasteiger partial charge in [-0.25, -0.2) is 13.1 Å². The molecule has 2 rings (SSSR count). The number of carbonyl (C=O) groups is 1. The van der Waals surface area contributed by atoms with Crippen molar-refractivity contribution in [2.45, 2.75) is 11.8 Å². The Kier molecular flexibility index (Phi) is 5.21. The summed E-state index contributed by atoms with van der Waals surface area (Å²) in [5.74, 6) is -0.586. The second kappa shape index (κ2) is 6.77. The molecule has 2 aromatic rings. The molecule has 0 aliphatic rings. The topological polar surface area (TPSA) is 111 Å². The molecule has 2 aromatic heterocycles. The number of sulfonamides is 1. The number of nitrogens with one attached hydrogen (secondary N) is 2. The molecule has 8 nitrogen and oxygen atoms in total. The van der Waals surface area contributed by atoms with E-state index in [0.717, 1.165) is 11.3 Å². The van der Waals surface area contributed by atoms with E-state index in [1.54, 1.807) is 6.92 Å². The van der Waals surface area contributed by atoms with Gasteiger partial charge in [0.15, 0.2) is 0 Å². The van der Waals surface area contributed by atoms with Crippen molar-refractivity contribution in [3.63, 3.8) is 0 Å². The van der Waals surface area contributed by atoms with Gasteiger partial charge in [0.2, 0.25) is 0 Å². The molecule has 0 unspecified atom stereocenters. The van der Waals surface area contributed by atoms with Crippen molar-refractivity contribution in [2.24, 2.45) is 0 Å². The maximum atomic E-state index is 12.4. The molecule has 22 heavy (non-hydrogen) atoms. The first-order valence-corrected chi connectivity index (χ1v) is 9.01. The fourth-order valence-electron chi connectivity index (χ4n) is 1.49. The highest BCUT2D eigenvalue weighted by molar-refractivity contribution is 9.10. The summed E-state index contributed by atoms with van der Waals surface area (Å²) in [5, 5.41) is 7.59. The summed E-state index contributed by atoms with van der Waals surface area (Å²) in [6, 6.07) is 1.34. The molecule has 0 atom stereocenters. The van der Waals surface area contributed by atoms with E-state index in [4.69, 9.17) is 9.26 Å². The van der Waals surface area contributed by atoms with Crippen LogP contribution in [-0.4, -0.2) is 33.3 Å². The van der Waals surface area contributed by atoms with Crippen LogP contribution in [0.2, 0.25) is 0 Å². The van der Waals surface area contributed by atoms with Crippen LogP contribution in [0, 0.1) is 6.92 Å². The number of ether oxygens (including phenoxy) is 1. The smallest absolute Gasteiger partial charge is 0.265 e. The van der Waals surface area contributed by atoms with Gasteiger partial charge in [-0.2, -0.15) is 0 Å². The van der Waals surface area contributed by atoms with Crippen molar-refractivity contribution < 1.29 is 22.5 Å². The Morgan fingerprint density at radius 2 is 2.27 bits per heavy atom. The molecule has 0 spiro atoms. The lowest BCUT2D eigenvalue weighted by Gasteiger charge is -2.07. The zero-order valence-electron chi connectivity index (χ0n) is 11.5. The molecule has 0 fully saturated rings. The van der Waals surface area contributed by atoms with Crippen molar-refractivity contribution in [1.82, 2.24) is 10.5 Å². The fraction of sp³-hybridized carbons (Fsp3) is 0.273. The average molecular weight is 410 g/mol. The van der Waals surface area contributed by atoms with Gasteiger partial charge in [0.1, 0.15) is 21.0 Å². The minimum atomic E-state index is -3.98. The van der Waals surface area contributed by atoms with Gasteiger partial charge in [-0.15, -0.1) is 11.3 Å². The van der Waals surface area contributed by atoms with Crippen LogP contribution in [0.25, 0.3) is 0 Å². The van der Waals surface area contributed by atoms with Gasteiger partial charge < -0.3 is 14.6 Å². The number of hydrogen-bond donors (Lipinski definition) is 2. The number of nitrogens with zero attached hydrogens (tertiary/aromatic N) is 1. The second-order valence-corrected chi connectivity index (χ2v) is 7.43. The third-order valence-corrected chi connectivity index (χ3v) is 5.87. The Morgan fingerprint density at radius 3 is 2.86 bits per heavy atom. The molecule has 120 valence electrons. The summed E-state index contributed by atoms with van der Waals surface area (Å²) in [5.41, 5.74) is 0.501. The van der Waals surface area contributed by atoms with Crippen LogP contribution in [0.5, 0.6) is 0 Å². The van der Waals surface area contributed by atoms with Gasteiger partial charge in [-0.05, 0) is 34.3 Å². The van der Waals surface area contributed by atoms with Crippen molar-refractivity contribution in [3.8, 4) is 0 Å². The standard InChI is InChI=1S/C11H12BrN3O5S2/c1-6-8(12)11(20-14-6)15-22(17,18)7-3-4-21-9(7)10(16)13-5-19-2/h3-4,15H,5H2,1-2H3,(H,13,16). The molecule has 0 radical (unpaired) electrons. The van der Waals surface area contributed by atoms with Crippen molar-refractivity contribution in [3.05, 3.63) is 26.5 Å². The number of aromatic nitrogens is 1. The largest absolute Gasteiger partial charge is 0.364 e. The molecule has 0 aliphatic carbocycles. The summed E-state index contributed by atoms with van der Waals surface area (Å²) in [6.45, 7) is 1.64. The van der Waals surface area contributed by atoms with E-state index in [9.17, 15) is 13.2 Å². The minimum Gasteiger partial charge on any atom is -0.364 e. The highest BCUT2D eigenvalue weighted by Crippen LogP contribution is 2.29. The predicted molar refractivity (Wildman–Crippen MR) is 83.4 cm³/mol. The van der Waals surface area contributed by atoms with Gasteiger partial charge in [-0.1, -0.05) is 5.16 Å². The van der Waals surface area contributed by atoms with Crippen molar-refractivity contribution in [2.75, 3.05) is 18.6 Å². The lowest BCUT2D eigenvalue weighted by molar-refractivity contribution is 0.0873. The molecule has 1 amide bonds. The molecule has 0 bridgehead atoms. The van der Waals surface area contributed by atoms with Gasteiger partial charge in [0.25, 0.3) is 21.8 Å². The SMILES string of the molecule is COCNC(=O)c1sccc1S(=O)(=O)Nc1onc(C)c1Br. The number of anilines is 1. The number of carbonyl (C=O) groups excluding carboxylic acids is 1. The van der Waals surface area contributed by atoms with Crippen molar-refractivity contribution >= 4 is 49.1 Å². The van der Waals surface area contributed by atoms with Gasteiger partial charge in [0.05, 0.1) is 5.69 Å². The summed E-state index contributed by atoms with van der Waals surface area (Å²) in [4.78, 5) is 11.8. The Bertz CT molecular complexity index is 784. The molecule has 0 saturated carbocycles. The Labute approximate surface area is 139 Å². The Hall–Kier alpha value is -1.43. The maximum absolute atomic E-state index is 12.4. The number of amides is 1.